The summed E-state index contributed by atoms with van der Waals surface area (Å²) in [6.07, 6.45) is 2.74. The Balaban J connectivity index is 2.16. The van der Waals surface area contributed by atoms with Gasteiger partial charge in [0.05, 0.1) is 19.7 Å². The predicted octanol–water partition coefficient (Wildman–Crippen LogP) is 3.52. The third kappa shape index (κ3) is 2.44. The molecule has 0 aliphatic heterocycles. The highest BCUT2D eigenvalue weighted by Gasteiger charge is 2.13. The lowest BCUT2D eigenvalue weighted by molar-refractivity contribution is 0.112. The molecule has 0 bridgehead atoms. The van der Waals surface area contributed by atoms with Crippen molar-refractivity contribution in [3.05, 3.63) is 59.8 Å². The van der Waals surface area contributed by atoms with E-state index in [0.717, 1.165) is 17.2 Å². The summed E-state index contributed by atoms with van der Waals surface area (Å²) in [7, 11) is 3.19. The van der Waals surface area contributed by atoms with Crippen LogP contribution < -0.4 is 9.47 Å². The number of fused-ring (bicyclic) bond motifs is 1. The van der Waals surface area contributed by atoms with Gasteiger partial charge in [-0.15, -0.1) is 0 Å². The second-order valence-corrected chi connectivity index (χ2v) is 5.04. The number of carbonyl (C=O) groups is 1. The quantitative estimate of drug-likeness (QED) is 0.676. The van der Waals surface area contributed by atoms with E-state index >= 15 is 0 Å². The molecule has 3 rings (SSSR count). The van der Waals surface area contributed by atoms with E-state index in [2.05, 4.69) is 16.7 Å². The van der Waals surface area contributed by atoms with Crippen molar-refractivity contribution in [2.45, 2.75) is 6.54 Å². The van der Waals surface area contributed by atoms with E-state index in [4.69, 9.17) is 9.47 Å². The molecular weight excluding hydrogens is 278 g/mol. The van der Waals surface area contributed by atoms with Crippen molar-refractivity contribution in [1.29, 1.82) is 0 Å². The summed E-state index contributed by atoms with van der Waals surface area (Å²) in [5.41, 5.74) is 2.77. The average Bonchev–Trinajstić information content (AvgIpc) is 2.91. The second-order valence-electron chi connectivity index (χ2n) is 5.04. The SMILES string of the molecule is COc1cc2c(C=O)cn(Cc3ccccc3)c2cc1OC. The molecule has 0 unspecified atom stereocenters. The zero-order chi connectivity index (χ0) is 15.5. The molecule has 0 atom stereocenters. The van der Waals surface area contributed by atoms with Crippen molar-refractivity contribution >= 4 is 17.2 Å². The van der Waals surface area contributed by atoms with E-state index in [9.17, 15) is 4.79 Å². The zero-order valence-electron chi connectivity index (χ0n) is 12.6. The third-order valence-corrected chi connectivity index (χ3v) is 3.74. The molecular formula is C18H17NO3. The largest absolute Gasteiger partial charge is 0.493 e. The van der Waals surface area contributed by atoms with Gasteiger partial charge in [-0.3, -0.25) is 4.79 Å². The summed E-state index contributed by atoms with van der Waals surface area (Å²) in [4.78, 5) is 11.4. The average molecular weight is 295 g/mol. The van der Waals surface area contributed by atoms with Crippen LogP contribution in [0.4, 0.5) is 0 Å². The maximum atomic E-state index is 11.4. The van der Waals surface area contributed by atoms with Gasteiger partial charge in [0.25, 0.3) is 0 Å². The standard InChI is InChI=1S/C18H17NO3/c1-21-17-8-15-14(12-20)11-19(16(15)9-18(17)22-2)10-13-6-4-3-5-7-13/h3-9,11-12H,10H2,1-2H3. The van der Waals surface area contributed by atoms with Crippen molar-refractivity contribution in [3.63, 3.8) is 0 Å². The van der Waals surface area contributed by atoms with Crippen molar-refractivity contribution < 1.29 is 14.3 Å². The highest BCUT2D eigenvalue weighted by molar-refractivity contribution is 5.99. The molecule has 0 saturated carbocycles. The number of aldehydes is 1. The van der Waals surface area contributed by atoms with Gasteiger partial charge in [-0.05, 0) is 11.6 Å². The Bertz CT molecular complexity index is 806. The van der Waals surface area contributed by atoms with Crippen LogP contribution in [0.1, 0.15) is 15.9 Å². The fourth-order valence-corrected chi connectivity index (χ4v) is 2.65. The number of rotatable bonds is 5. The maximum absolute atomic E-state index is 11.4. The number of ether oxygens (including phenoxy) is 2. The minimum absolute atomic E-state index is 0.621. The number of carbonyl (C=O) groups excluding carboxylic acids is 1. The summed E-state index contributed by atoms with van der Waals surface area (Å²) >= 11 is 0. The normalized spacial score (nSPS) is 10.6. The smallest absolute Gasteiger partial charge is 0.162 e. The molecule has 0 amide bonds. The Labute approximate surface area is 128 Å². The van der Waals surface area contributed by atoms with Gasteiger partial charge in [0, 0.05) is 29.8 Å². The van der Waals surface area contributed by atoms with Gasteiger partial charge in [0.15, 0.2) is 17.8 Å². The first-order chi connectivity index (χ1) is 10.8. The van der Waals surface area contributed by atoms with Crippen LogP contribution in [0.2, 0.25) is 0 Å². The van der Waals surface area contributed by atoms with Crippen LogP contribution in [-0.2, 0) is 6.54 Å². The van der Waals surface area contributed by atoms with Gasteiger partial charge in [-0.25, -0.2) is 0 Å². The molecule has 1 heterocycles. The lowest BCUT2D eigenvalue weighted by Gasteiger charge is -2.10. The Hall–Kier alpha value is -2.75. The molecule has 112 valence electrons. The van der Waals surface area contributed by atoms with Gasteiger partial charge >= 0.3 is 0 Å². The number of methoxy groups -OCH3 is 2. The van der Waals surface area contributed by atoms with Crippen LogP contribution in [0.15, 0.2) is 48.7 Å². The van der Waals surface area contributed by atoms with Crippen molar-refractivity contribution in [2.24, 2.45) is 0 Å². The molecule has 0 aliphatic rings. The minimum atomic E-state index is 0.621. The van der Waals surface area contributed by atoms with E-state index in [-0.39, 0.29) is 0 Å². The van der Waals surface area contributed by atoms with Crippen LogP contribution in [0, 0.1) is 0 Å². The maximum Gasteiger partial charge on any atom is 0.162 e. The van der Waals surface area contributed by atoms with Crippen LogP contribution in [0.5, 0.6) is 11.5 Å². The number of nitrogens with zero attached hydrogens (tertiary/aromatic N) is 1. The van der Waals surface area contributed by atoms with Crippen LogP contribution in [-0.4, -0.2) is 25.1 Å². The fourth-order valence-electron chi connectivity index (χ4n) is 2.65. The number of aromatic nitrogens is 1. The minimum Gasteiger partial charge on any atom is -0.493 e. The van der Waals surface area contributed by atoms with E-state index in [0.29, 0.717) is 23.6 Å². The molecule has 0 spiro atoms. The number of hydrogen-bond acceptors (Lipinski definition) is 3. The molecule has 4 nitrogen and oxygen atoms in total. The highest BCUT2D eigenvalue weighted by Crippen LogP contribution is 2.34. The van der Waals surface area contributed by atoms with Crippen LogP contribution in [0.3, 0.4) is 0 Å². The topological polar surface area (TPSA) is 40.5 Å². The Morgan fingerprint density at radius 1 is 1.05 bits per heavy atom. The molecule has 0 fully saturated rings. The first-order valence-corrected chi connectivity index (χ1v) is 7.00. The van der Waals surface area contributed by atoms with Gasteiger partial charge < -0.3 is 14.0 Å². The molecule has 0 aliphatic carbocycles. The monoisotopic (exact) mass is 295 g/mol. The summed E-state index contributed by atoms with van der Waals surface area (Å²) < 4.78 is 12.7. The van der Waals surface area contributed by atoms with Gasteiger partial charge in [0.2, 0.25) is 0 Å². The lowest BCUT2D eigenvalue weighted by atomic mass is 10.1. The zero-order valence-corrected chi connectivity index (χ0v) is 12.6. The molecule has 4 heteroatoms. The van der Waals surface area contributed by atoms with E-state index in [1.807, 2.05) is 36.5 Å². The van der Waals surface area contributed by atoms with E-state index in [1.165, 1.54) is 5.56 Å². The van der Waals surface area contributed by atoms with Gasteiger partial charge in [-0.2, -0.15) is 0 Å². The first kappa shape index (κ1) is 14.2. The van der Waals surface area contributed by atoms with Crippen molar-refractivity contribution in [3.8, 4) is 11.5 Å². The Kier molecular flexibility index (Phi) is 3.83. The van der Waals surface area contributed by atoms with Crippen LogP contribution >= 0.6 is 0 Å². The molecule has 0 radical (unpaired) electrons. The highest BCUT2D eigenvalue weighted by atomic mass is 16.5. The summed E-state index contributed by atoms with van der Waals surface area (Å²) in [5.74, 6) is 1.27. The van der Waals surface area contributed by atoms with Crippen molar-refractivity contribution in [2.75, 3.05) is 14.2 Å². The first-order valence-electron chi connectivity index (χ1n) is 7.00. The molecule has 1 aromatic heterocycles. The van der Waals surface area contributed by atoms with Crippen LogP contribution in [0.25, 0.3) is 10.9 Å². The molecule has 22 heavy (non-hydrogen) atoms. The Morgan fingerprint density at radius 2 is 1.73 bits per heavy atom. The lowest BCUT2D eigenvalue weighted by Crippen LogP contribution is -1.98. The second kappa shape index (κ2) is 5.93. The number of benzene rings is 2. The Morgan fingerprint density at radius 3 is 2.36 bits per heavy atom. The van der Waals surface area contributed by atoms with Crippen molar-refractivity contribution in [1.82, 2.24) is 4.57 Å². The molecule has 0 saturated heterocycles. The molecule has 3 aromatic rings. The summed E-state index contributed by atoms with van der Waals surface area (Å²) in [6.45, 7) is 0.695. The predicted molar refractivity (Wildman–Crippen MR) is 86.0 cm³/mol. The summed E-state index contributed by atoms with van der Waals surface area (Å²) in [5, 5.41) is 0.864. The fraction of sp³-hybridized carbons (Fsp3) is 0.167. The van der Waals surface area contributed by atoms with E-state index < -0.39 is 0 Å². The third-order valence-electron chi connectivity index (χ3n) is 3.74. The molecule has 0 N–H and O–H groups in total. The molecule has 2 aromatic carbocycles. The van der Waals surface area contributed by atoms with Gasteiger partial charge in [-0.1, -0.05) is 30.3 Å². The number of hydrogen-bond donors (Lipinski definition) is 0. The van der Waals surface area contributed by atoms with E-state index in [1.54, 1.807) is 14.2 Å². The summed E-state index contributed by atoms with van der Waals surface area (Å²) in [6, 6.07) is 13.9. The van der Waals surface area contributed by atoms with Gasteiger partial charge in [0.1, 0.15) is 0 Å².